The zero-order valence-electron chi connectivity index (χ0n) is 14.3. The van der Waals surface area contributed by atoms with Gasteiger partial charge in [-0.15, -0.1) is 0 Å². The molecule has 1 saturated carbocycles. The van der Waals surface area contributed by atoms with Gasteiger partial charge in [-0.25, -0.2) is 8.42 Å². The van der Waals surface area contributed by atoms with E-state index in [9.17, 15) is 26.4 Å². The van der Waals surface area contributed by atoms with Gasteiger partial charge in [0.15, 0.2) is 0 Å². The number of hydrogen-bond donors (Lipinski definition) is 3. The van der Waals surface area contributed by atoms with Gasteiger partial charge >= 0.3 is 6.18 Å². The second kappa shape index (κ2) is 7.53. The molecule has 1 aromatic rings. The van der Waals surface area contributed by atoms with Crippen molar-refractivity contribution < 1.29 is 26.4 Å². The minimum Gasteiger partial charge on any atom is -0.348 e. The third kappa shape index (κ3) is 4.54. The number of hydrogen-bond acceptors (Lipinski definition) is 4. The summed E-state index contributed by atoms with van der Waals surface area (Å²) in [5, 5.41) is 2.75. The van der Waals surface area contributed by atoms with E-state index in [1.807, 2.05) is 4.72 Å². The highest BCUT2D eigenvalue weighted by Crippen LogP contribution is 2.34. The maximum Gasteiger partial charge on any atom is 0.417 e. The zero-order valence-corrected chi connectivity index (χ0v) is 15.1. The number of amides is 1. The van der Waals surface area contributed by atoms with E-state index >= 15 is 0 Å². The monoisotopic (exact) mass is 393 g/mol. The molecule has 1 unspecified atom stereocenters. The van der Waals surface area contributed by atoms with E-state index in [1.54, 1.807) is 0 Å². The summed E-state index contributed by atoms with van der Waals surface area (Å²) >= 11 is 0. The van der Waals surface area contributed by atoms with Crippen LogP contribution in [0.4, 0.5) is 13.2 Å². The Kier molecular flexibility index (Phi) is 5.99. The largest absolute Gasteiger partial charge is 0.417 e. The Morgan fingerprint density at radius 1 is 1.27 bits per heavy atom. The highest BCUT2D eigenvalue weighted by molar-refractivity contribution is 7.89. The Bertz CT molecular complexity index is 759. The molecular formula is C16H22F3N3O3S. The summed E-state index contributed by atoms with van der Waals surface area (Å²) in [5.41, 5.74) is 3.86. The molecule has 1 aromatic carbocycles. The molecular weight excluding hydrogens is 371 g/mol. The lowest BCUT2D eigenvalue weighted by Crippen LogP contribution is -2.56. The van der Waals surface area contributed by atoms with Crippen LogP contribution in [0.25, 0.3) is 0 Å². The Labute approximate surface area is 150 Å². The van der Waals surface area contributed by atoms with E-state index in [-0.39, 0.29) is 6.54 Å². The van der Waals surface area contributed by atoms with E-state index in [1.165, 1.54) is 13.0 Å². The van der Waals surface area contributed by atoms with Gasteiger partial charge in [0, 0.05) is 6.54 Å². The Hall–Kier alpha value is -1.65. The Balaban J connectivity index is 2.18. The molecule has 0 aromatic heterocycles. The summed E-state index contributed by atoms with van der Waals surface area (Å²) in [6.07, 6.45) is -1.66. The average Bonchev–Trinajstić information content (AvgIpc) is 3.02. The number of benzene rings is 1. The first-order valence-corrected chi connectivity index (χ1v) is 9.70. The van der Waals surface area contributed by atoms with Gasteiger partial charge in [0.25, 0.3) is 0 Å². The first-order valence-electron chi connectivity index (χ1n) is 8.21. The number of carbonyl (C=O) groups is 1. The van der Waals surface area contributed by atoms with Crippen molar-refractivity contribution in [3.63, 3.8) is 0 Å². The maximum absolute atomic E-state index is 13.1. The molecule has 1 amide bonds. The van der Waals surface area contributed by atoms with Gasteiger partial charge in [0.05, 0.1) is 22.0 Å². The van der Waals surface area contributed by atoms with Crippen LogP contribution in [0.15, 0.2) is 29.2 Å². The van der Waals surface area contributed by atoms with Crippen LogP contribution < -0.4 is 15.8 Å². The second-order valence-electron chi connectivity index (χ2n) is 6.52. The van der Waals surface area contributed by atoms with Crippen molar-refractivity contribution in [2.45, 2.75) is 55.3 Å². The van der Waals surface area contributed by atoms with Crippen LogP contribution in [-0.2, 0) is 21.0 Å². The molecule has 0 bridgehead atoms. The van der Waals surface area contributed by atoms with E-state index < -0.39 is 44.1 Å². The third-order valence-electron chi connectivity index (χ3n) is 4.55. The lowest BCUT2D eigenvalue weighted by atomic mass is 9.97. The zero-order chi connectivity index (χ0) is 19.6. The van der Waals surface area contributed by atoms with Crippen molar-refractivity contribution in [1.29, 1.82) is 0 Å². The van der Waals surface area contributed by atoms with Crippen molar-refractivity contribution in [1.82, 2.24) is 10.0 Å². The molecule has 26 heavy (non-hydrogen) atoms. The number of nitrogens with one attached hydrogen (secondary N) is 2. The number of alkyl halides is 3. The summed E-state index contributed by atoms with van der Waals surface area (Å²) in [4.78, 5) is 11.4. The predicted octanol–water partition coefficient (Wildman–Crippen LogP) is 1.76. The number of nitrogens with two attached hydrogens (primary N) is 1. The molecule has 0 radical (unpaired) electrons. The van der Waals surface area contributed by atoms with Gasteiger partial charge in [0.2, 0.25) is 15.9 Å². The van der Waals surface area contributed by atoms with Gasteiger partial charge < -0.3 is 11.1 Å². The number of sulfonamides is 1. The van der Waals surface area contributed by atoms with Crippen LogP contribution >= 0.6 is 0 Å². The van der Waals surface area contributed by atoms with E-state index in [0.29, 0.717) is 18.9 Å². The fraction of sp³-hybridized carbons (Fsp3) is 0.562. The summed E-state index contributed by atoms with van der Waals surface area (Å²) in [6.45, 7) is 1.50. The molecule has 0 spiro atoms. The van der Waals surface area contributed by atoms with Crippen LogP contribution in [-0.4, -0.2) is 32.5 Å². The molecule has 1 atom stereocenters. The van der Waals surface area contributed by atoms with Gasteiger partial charge in [0.1, 0.15) is 0 Å². The third-order valence-corrected chi connectivity index (χ3v) is 6.15. The minimum atomic E-state index is -4.83. The average molecular weight is 393 g/mol. The molecule has 2 rings (SSSR count). The van der Waals surface area contributed by atoms with Crippen molar-refractivity contribution in [2.75, 3.05) is 6.54 Å². The fourth-order valence-corrected chi connectivity index (χ4v) is 4.52. The minimum absolute atomic E-state index is 0.217. The van der Waals surface area contributed by atoms with Gasteiger partial charge in [-0.1, -0.05) is 25.0 Å². The predicted molar refractivity (Wildman–Crippen MR) is 89.6 cm³/mol. The molecule has 1 fully saturated rings. The summed E-state index contributed by atoms with van der Waals surface area (Å²) < 4.78 is 66.0. The number of carbonyl (C=O) groups excluding carboxylic acids is 1. The highest BCUT2D eigenvalue weighted by atomic mass is 32.2. The quantitative estimate of drug-likeness (QED) is 0.685. The van der Waals surface area contributed by atoms with Crippen LogP contribution in [0.1, 0.15) is 38.2 Å². The van der Waals surface area contributed by atoms with Crippen molar-refractivity contribution in [3.8, 4) is 0 Å². The molecule has 146 valence electrons. The van der Waals surface area contributed by atoms with Crippen LogP contribution in [0.2, 0.25) is 0 Å². The molecule has 6 nitrogen and oxygen atoms in total. The first kappa shape index (κ1) is 20.7. The second-order valence-corrected chi connectivity index (χ2v) is 8.20. The van der Waals surface area contributed by atoms with Gasteiger partial charge in [-0.2, -0.15) is 17.9 Å². The molecule has 1 aliphatic rings. The Morgan fingerprint density at radius 3 is 2.38 bits per heavy atom. The van der Waals surface area contributed by atoms with Gasteiger partial charge in [-0.3, -0.25) is 4.79 Å². The van der Waals surface area contributed by atoms with Gasteiger partial charge in [-0.05, 0) is 31.9 Å². The number of halogens is 3. The molecule has 10 heteroatoms. The standard InChI is InChI=1S/C16H22F3N3O3S/c1-11(14(23)21-15(10-20)8-4-5-9-15)22-26(24,25)13-7-3-2-6-12(13)16(17,18)19/h2-3,6-7,11,22H,4-5,8-10,20H2,1H3,(H,21,23). The first-order chi connectivity index (χ1) is 12.0. The van der Waals surface area contributed by atoms with Crippen molar-refractivity contribution >= 4 is 15.9 Å². The lowest BCUT2D eigenvalue weighted by molar-refractivity contribution is -0.139. The van der Waals surface area contributed by atoms with Crippen LogP contribution in [0.5, 0.6) is 0 Å². The molecule has 0 saturated heterocycles. The van der Waals surface area contributed by atoms with E-state index in [2.05, 4.69) is 5.32 Å². The molecule has 1 aliphatic carbocycles. The highest BCUT2D eigenvalue weighted by Gasteiger charge is 2.39. The summed E-state index contributed by atoms with van der Waals surface area (Å²) in [7, 11) is -4.54. The van der Waals surface area contributed by atoms with E-state index in [0.717, 1.165) is 25.0 Å². The van der Waals surface area contributed by atoms with Crippen molar-refractivity contribution in [2.24, 2.45) is 5.73 Å². The molecule has 0 heterocycles. The lowest BCUT2D eigenvalue weighted by Gasteiger charge is -2.30. The van der Waals surface area contributed by atoms with Crippen LogP contribution in [0.3, 0.4) is 0 Å². The molecule has 0 aliphatic heterocycles. The normalized spacial score (nSPS) is 18.5. The maximum atomic E-state index is 13.1. The van der Waals surface area contributed by atoms with Crippen molar-refractivity contribution in [3.05, 3.63) is 29.8 Å². The van der Waals surface area contributed by atoms with E-state index in [4.69, 9.17) is 5.73 Å². The Morgan fingerprint density at radius 2 is 1.85 bits per heavy atom. The fourth-order valence-electron chi connectivity index (χ4n) is 3.09. The summed E-state index contributed by atoms with van der Waals surface area (Å²) in [6, 6.07) is 2.58. The summed E-state index contributed by atoms with van der Waals surface area (Å²) in [5.74, 6) is -0.620. The number of rotatable bonds is 6. The van der Waals surface area contributed by atoms with Crippen LogP contribution in [0, 0.1) is 0 Å². The SMILES string of the molecule is CC(NS(=O)(=O)c1ccccc1C(F)(F)F)C(=O)NC1(CN)CCCC1. The smallest absolute Gasteiger partial charge is 0.348 e. The molecule has 4 N–H and O–H groups in total. The topological polar surface area (TPSA) is 101 Å².